The van der Waals surface area contributed by atoms with Crippen LogP contribution in [0.3, 0.4) is 0 Å². The molecule has 1 amide bonds. The molecule has 1 atom stereocenters. The average Bonchev–Trinajstić information content (AvgIpc) is 2.32. The third kappa shape index (κ3) is 6.03. The molecule has 0 aromatic carbocycles. The quantitative estimate of drug-likeness (QED) is 0.680. The fourth-order valence-corrected chi connectivity index (χ4v) is 2.01. The molecular formula is C14H27NO3. The van der Waals surface area contributed by atoms with E-state index in [4.69, 9.17) is 0 Å². The van der Waals surface area contributed by atoms with Crippen LogP contribution in [0.25, 0.3) is 0 Å². The molecule has 0 fully saturated rings. The zero-order valence-corrected chi connectivity index (χ0v) is 12.3. The molecule has 0 radical (unpaired) electrons. The van der Waals surface area contributed by atoms with Gasteiger partial charge >= 0.3 is 5.97 Å². The SMILES string of the molecule is CCCC(CC)CCC(=O)NC(C)(C)C(=O)OC. The summed E-state index contributed by atoms with van der Waals surface area (Å²) in [5, 5.41) is 2.72. The van der Waals surface area contributed by atoms with Crippen molar-refractivity contribution in [3.8, 4) is 0 Å². The van der Waals surface area contributed by atoms with Crippen molar-refractivity contribution in [2.24, 2.45) is 5.92 Å². The first kappa shape index (κ1) is 16.9. The lowest BCUT2D eigenvalue weighted by atomic mass is 9.95. The Hall–Kier alpha value is -1.06. The number of rotatable bonds is 8. The molecule has 1 N–H and O–H groups in total. The van der Waals surface area contributed by atoms with Crippen LogP contribution in [-0.4, -0.2) is 24.5 Å². The topological polar surface area (TPSA) is 55.4 Å². The van der Waals surface area contributed by atoms with Crippen molar-refractivity contribution in [3.05, 3.63) is 0 Å². The van der Waals surface area contributed by atoms with E-state index < -0.39 is 11.5 Å². The third-order valence-electron chi connectivity index (χ3n) is 3.20. The van der Waals surface area contributed by atoms with Gasteiger partial charge in [-0.05, 0) is 26.2 Å². The number of ether oxygens (including phenoxy) is 1. The zero-order chi connectivity index (χ0) is 14.2. The molecule has 1 unspecified atom stereocenters. The Balaban J connectivity index is 4.15. The number of hydrogen-bond donors (Lipinski definition) is 1. The summed E-state index contributed by atoms with van der Waals surface area (Å²) in [5.41, 5.74) is -0.946. The predicted octanol–water partition coefficient (Wildman–Crippen LogP) is 2.66. The average molecular weight is 257 g/mol. The molecule has 106 valence electrons. The van der Waals surface area contributed by atoms with Crippen LogP contribution in [0.1, 0.15) is 59.8 Å². The molecule has 0 aromatic heterocycles. The van der Waals surface area contributed by atoms with Crippen molar-refractivity contribution in [1.29, 1.82) is 0 Å². The Bertz CT molecular complexity index is 274. The van der Waals surface area contributed by atoms with Crippen LogP contribution >= 0.6 is 0 Å². The number of methoxy groups -OCH3 is 1. The predicted molar refractivity (Wildman–Crippen MR) is 72.2 cm³/mol. The highest BCUT2D eigenvalue weighted by atomic mass is 16.5. The van der Waals surface area contributed by atoms with Crippen molar-refractivity contribution in [3.63, 3.8) is 0 Å². The fraction of sp³-hybridized carbons (Fsp3) is 0.857. The molecule has 0 rings (SSSR count). The minimum absolute atomic E-state index is 0.0834. The summed E-state index contributed by atoms with van der Waals surface area (Å²) in [4.78, 5) is 23.2. The molecule has 0 saturated carbocycles. The number of hydrogen-bond acceptors (Lipinski definition) is 3. The molecule has 0 aliphatic heterocycles. The van der Waals surface area contributed by atoms with Crippen LogP contribution in [0.15, 0.2) is 0 Å². The van der Waals surface area contributed by atoms with E-state index >= 15 is 0 Å². The first-order valence-electron chi connectivity index (χ1n) is 6.76. The summed E-state index contributed by atoms with van der Waals surface area (Å²) >= 11 is 0. The van der Waals surface area contributed by atoms with E-state index in [1.54, 1.807) is 13.8 Å². The minimum Gasteiger partial charge on any atom is -0.467 e. The maximum absolute atomic E-state index is 11.8. The van der Waals surface area contributed by atoms with Gasteiger partial charge in [0.25, 0.3) is 0 Å². The summed E-state index contributed by atoms with van der Waals surface area (Å²) in [7, 11) is 1.32. The van der Waals surface area contributed by atoms with E-state index in [1.807, 2.05) is 0 Å². The summed E-state index contributed by atoms with van der Waals surface area (Å²) in [6, 6.07) is 0. The normalized spacial score (nSPS) is 12.9. The van der Waals surface area contributed by atoms with Crippen LogP contribution < -0.4 is 5.32 Å². The minimum atomic E-state index is -0.946. The smallest absolute Gasteiger partial charge is 0.330 e. The second-order valence-electron chi connectivity index (χ2n) is 5.27. The molecule has 0 saturated heterocycles. The molecule has 4 nitrogen and oxygen atoms in total. The molecule has 0 aromatic rings. The maximum Gasteiger partial charge on any atom is 0.330 e. The molecular weight excluding hydrogens is 230 g/mol. The van der Waals surface area contributed by atoms with Crippen molar-refractivity contribution in [2.75, 3.05) is 7.11 Å². The van der Waals surface area contributed by atoms with Crippen LogP contribution in [0.4, 0.5) is 0 Å². The van der Waals surface area contributed by atoms with E-state index in [0.717, 1.165) is 25.7 Å². The molecule has 18 heavy (non-hydrogen) atoms. The monoisotopic (exact) mass is 257 g/mol. The van der Waals surface area contributed by atoms with E-state index in [0.29, 0.717) is 12.3 Å². The number of nitrogens with one attached hydrogen (secondary N) is 1. The molecule has 0 heterocycles. The first-order chi connectivity index (χ1) is 8.37. The van der Waals surface area contributed by atoms with Gasteiger partial charge in [-0.15, -0.1) is 0 Å². The fourth-order valence-electron chi connectivity index (χ4n) is 2.01. The summed E-state index contributed by atoms with van der Waals surface area (Å²) in [6.45, 7) is 7.61. The summed E-state index contributed by atoms with van der Waals surface area (Å²) in [5.74, 6) is 0.0957. The van der Waals surface area contributed by atoms with E-state index in [2.05, 4.69) is 23.9 Å². The molecule has 0 aliphatic rings. The van der Waals surface area contributed by atoms with Gasteiger partial charge in [0.2, 0.25) is 5.91 Å². The van der Waals surface area contributed by atoms with Gasteiger partial charge in [0, 0.05) is 6.42 Å². The molecule has 0 aliphatic carbocycles. The Kier molecular flexibility index (Phi) is 7.64. The Morgan fingerprint density at radius 2 is 1.83 bits per heavy atom. The van der Waals surface area contributed by atoms with E-state index in [1.165, 1.54) is 7.11 Å². The lowest BCUT2D eigenvalue weighted by Crippen LogP contribution is -2.50. The van der Waals surface area contributed by atoms with E-state index in [9.17, 15) is 9.59 Å². The van der Waals surface area contributed by atoms with Crippen molar-refractivity contribution >= 4 is 11.9 Å². The number of amides is 1. The van der Waals surface area contributed by atoms with Gasteiger partial charge < -0.3 is 10.1 Å². The lowest BCUT2D eigenvalue weighted by Gasteiger charge is -2.23. The largest absolute Gasteiger partial charge is 0.467 e. The highest BCUT2D eigenvalue weighted by Gasteiger charge is 2.30. The van der Waals surface area contributed by atoms with Crippen molar-refractivity contribution in [2.45, 2.75) is 65.3 Å². The number of esters is 1. The molecule has 0 spiro atoms. The van der Waals surface area contributed by atoms with Crippen LogP contribution in [0, 0.1) is 5.92 Å². The van der Waals surface area contributed by atoms with Gasteiger partial charge in [-0.3, -0.25) is 4.79 Å². The van der Waals surface area contributed by atoms with Gasteiger partial charge in [0.15, 0.2) is 0 Å². The first-order valence-corrected chi connectivity index (χ1v) is 6.76. The second-order valence-corrected chi connectivity index (χ2v) is 5.27. The Labute approximate surface area is 110 Å². The van der Waals surface area contributed by atoms with Gasteiger partial charge in [-0.25, -0.2) is 4.79 Å². The Morgan fingerprint density at radius 3 is 2.28 bits per heavy atom. The van der Waals surface area contributed by atoms with Gasteiger partial charge in [0.1, 0.15) is 5.54 Å². The third-order valence-corrected chi connectivity index (χ3v) is 3.20. The van der Waals surface area contributed by atoms with Gasteiger partial charge in [0.05, 0.1) is 7.11 Å². The van der Waals surface area contributed by atoms with Crippen LogP contribution in [0.2, 0.25) is 0 Å². The van der Waals surface area contributed by atoms with Crippen molar-refractivity contribution in [1.82, 2.24) is 5.32 Å². The van der Waals surface area contributed by atoms with Crippen molar-refractivity contribution < 1.29 is 14.3 Å². The molecule has 4 heteroatoms. The second kappa shape index (κ2) is 8.11. The maximum atomic E-state index is 11.8. The number of carbonyl (C=O) groups is 2. The van der Waals surface area contributed by atoms with Crippen LogP contribution in [0.5, 0.6) is 0 Å². The summed E-state index contributed by atoms with van der Waals surface area (Å²) in [6.07, 6.45) is 4.76. The van der Waals surface area contributed by atoms with Crippen LogP contribution in [-0.2, 0) is 14.3 Å². The zero-order valence-electron chi connectivity index (χ0n) is 12.3. The van der Waals surface area contributed by atoms with Gasteiger partial charge in [-0.2, -0.15) is 0 Å². The standard InChI is InChI=1S/C14H27NO3/c1-6-8-11(7-2)9-10-12(16)15-14(3,4)13(17)18-5/h11H,6-10H2,1-5H3,(H,15,16). The van der Waals surface area contributed by atoms with Gasteiger partial charge in [-0.1, -0.05) is 33.1 Å². The molecule has 0 bridgehead atoms. The highest BCUT2D eigenvalue weighted by Crippen LogP contribution is 2.17. The summed E-state index contributed by atoms with van der Waals surface area (Å²) < 4.78 is 4.65. The number of carbonyl (C=O) groups excluding carboxylic acids is 2. The lowest BCUT2D eigenvalue weighted by molar-refractivity contribution is -0.149. The highest BCUT2D eigenvalue weighted by molar-refractivity contribution is 5.87. The Morgan fingerprint density at radius 1 is 1.22 bits per heavy atom. The van der Waals surface area contributed by atoms with E-state index in [-0.39, 0.29) is 5.91 Å².